The van der Waals surface area contributed by atoms with Crippen molar-refractivity contribution in [1.29, 1.82) is 0 Å². The van der Waals surface area contributed by atoms with Gasteiger partial charge in [-0.1, -0.05) is 13.3 Å². The Kier molecular flexibility index (Phi) is 6.16. The molecule has 0 aromatic heterocycles. The van der Waals surface area contributed by atoms with Gasteiger partial charge in [-0.15, -0.1) is 0 Å². The summed E-state index contributed by atoms with van der Waals surface area (Å²) in [6.07, 6.45) is 7.95. The topological polar surface area (TPSA) is 18.5 Å². The fourth-order valence-electron chi connectivity index (χ4n) is 2.49. The standard InChI is InChI=1S/C17H21F3O2/c1-2-4-13-7-6-12(11-22-13)5-3-8-21-14-9-15(18)17(20)16(19)10-14/h9-11,13H,2-8H2,1H3. The van der Waals surface area contributed by atoms with E-state index in [0.717, 1.165) is 44.2 Å². The van der Waals surface area contributed by atoms with Crippen molar-refractivity contribution >= 4 is 0 Å². The van der Waals surface area contributed by atoms with Crippen molar-refractivity contribution in [2.75, 3.05) is 6.61 Å². The van der Waals surface area contributed by atoms with Crippen molar-refractivity contribution in [3.8, 4) is 5.75 Å². The zero-order valence-electron chi connectivity index (χ0n) is 12.7. The molecule has 2 rings (SSSR count). The van der Waals surface area contributed by atoms with Crippen LogP contribution in [0.25, 0.3) is 0 Å². The van der Waals surface area contributed by atoms with Crippen molar-refractivity contribution in [3.63, 3.8) is 0 Å². The van der Waals surface area contributed by atoms with E-state index in [9.17, 15) is 13.2 Å². The van der Waals surface area contributed by atoms with Gasteiger partial charge in [-0.05, 0) is 37.7 Å². The number of allylic oxidation sites excluding steroid dienone is 1. The zero-order chi connectivity index (χ0) is 15.9. The van der Waals surface area contributed by atoms with Gasteiger partial charge in [0.15, 0.2) is 17.5 Å². The van der Waals surface area contributed by atoms with Gasteiger partial charge in [-0.2, -0.15) is 0 Å². The second-order valence-corrected chi connectivity index (χ2v) is 5.51. The lowest BCUT2D eigenvalue weighted by Crippen LogP contribution is -2.14. The molecule has 1 heterocycles. The van der Waals surface area contributed by atoms with Gasteiger partial charge in [-0.25, -0.2) is 13.2 Å². The number of benzene rings is 1. The van der Waals surface area contributed by atoms with Crippen molar-refractivity contribution in [3.05, 3.63) is 41.4 Å². The lowest BCUT2D eigenvalue weighted by molar-refractivity contribution is 0.109. The van der Waals surface area contributed by atoms with Crippen molar-refractivity contribution in [1.82, 2.24) is 0 Å². The highest BCUT2D eigenvalue weighted by atomic mass is 19.2. The fraction of sp³-hybridized carbons (Fsp3) is 0.529. The highest BCUT2D eigenvalue weighted by molar-refractivity contribution is 5.25. The Morgan fingerprint density at radius 2 is 1.95 bits per heavy atom. The van der Waals surface area contributed by atoms with Crippen LogP contribution in [0.5, 0.6) is 5.75 Å². The molecule has 1 unspecified atom stereocenters. The van der Waals surface area contributed by atoms with Gasteiger partial charge in [0.1, 0.15) is 5.75 Å². The molecule has 0 radical (unpaired) electrons. The maximum atomic E-state index is 13.0. The summed E-state index contributed by atoms with van der Waals surface area (Å²) < 4.78 is 49.7. The SMILES string of the molecule is CCCC1CCC(CCCOc2cc(F)c(F)c(F)c2)=CO1. The summed E-state index contributed by atoms with van der Waals surface area (Å²) in [5, 5.41) is 0. The van der Waals surface area contributed by atoms with Gasteiger partial charge in [0.2, 0.25) is 0 Å². The predicted molar refractivity (Wildman–Crippen MR) is 78.1 cm³/mol. The molecule has 0 spiro atoms. The third-order valence-electron chi connectivity index (χ3n) is 3.69. The molecule has 1 atom stereocenters. The fourth-order valence-corrected chi connectivity index (χ4v) is 2.49. The number of rotatable bonds is 7. The number of halogens is 3. The molecular weight excluding hydrogens is 293 g/mol. The van der Waals surface area contributed by atoms with Gasteiger partial charge in [0.05, 0.1) is 19.0 Å². The molecule has 0 saturated heterocycles. The summed E-state index contributed by atoms with van der Waals surface area (Å²) in [7, 11) is 0. The van der Waals surface area contributed by atoms with Gasteiger partial charge in [-0.3, -0.25) is 0 Å². The summed E-state index contributed by atoms with van der Waals surface area (Å²) in [6.45, 7) is 2.46. The molecule has 5 heteroatoms. The second-order valence-electron chi connectivity index (χ2n) is 5.51. The van der Waals surface area contributed by atoms with Crippen LogP contribution >= 0.6 is 0 Å². The number of ether oxygens (including phenoxy) is 2. The maximum absolute atomic E-state index is 13.0. The smallest absolute Gasteiger partial charge is 0.194 e. The molecule has 1 aliphatic rings. The second kappa shape index (κ2) is 8.11. The normalized spacial score (nSPS) is 17.8. The molecular formula is C17H21F3O2. The maximum Gasteiger partial charge on any atom is 0.194 e. The first-order valence-corrected chi connectivity index (χ1v) is 7.71. The molecule has 122 valence electrons. The van der Waals surface area contributed by atoms with Crippen molar-refractivity contribution in [2.24, 2.45) is 0 Å². The first kappa shape index (κ1) is 16.7. The van der Waals surface area contributed by atoms with E-state index in [0.29, 0.717) is 19.1 Å². The van der Waals surface area contributed by atoms with E-state index in [-0.39, 0.29) is 5.75 Å². The summed E-state index contributed by atoms with van der Waals surface area (Å²) in [5.41, 5.74) is 1.23. The average Bonchev–Trinajstić information content (AvgIpc) is 2.51. The summed E-state index contributed by atoms with van der Waals surface area (Å²) >= 11 is 0. The predicted octanol–water partition coefficient (Wildman–Crippen LogP) is 5.13. The third-order valence-corrected chi connectivity index (χ3v) is 3.69. The Hall–Kier alpha value is -1.65. The van der Waals surface area contributed by atoms with E-state index in [1.165, 1.54) is 5.57 Å². The largest absolute Gasteiger partial charge is 0.498 e. The molecule has 0 saturated carbocycles. The van der Waals surface area contributed by atoms with Gasteiger partial charge >= 0.3 is 0 Å². The van der Waals surface area contributed by atoms with Crippen LogP contribution in [0.1, 0.15) is 45.4 Å². The Balaban J connectivity index is 1.72. The molecule has 0 bridgehead atoms. The van der Waals surface area contributed by atoms with E-state index in [1.54, 1.807) is 0 Å². The Labute approximate surface area is 128 Å². The van der Waals surface area contributed by atoms with Crippen LogP contribution in [0.15, 0.2) is 24.0 Å². The molecule has 0 fully saturated rings. The molecule has 2 nitrogen and oxygen atoms in total. The monoisotopic (exact) mass is 314 g/mol. The van der Waals surface area contributed by atoms with Crippen molar-refractivity contribution < 1.29 is 22.6 Å². The summed E-state index contributed by atoms with van der Waals surface area (Å²) in [6, 6.07) is 1.72. The van der Waals surface area contributed by atoms with Crippen molar-refractivity contribution in [2.45, 2.75) is 51.6 Å². The summed E-state index contributed by atoms with van der Waals surface area (Å²) in [5.74, 6) is -3.94. The Morgan fingerprint density at radius 3 is 2.55 bits per heavy atom. The van der Waals surface area contributed by atoms with Crippen LogP contribution in [0.3, 0.4) is 0 Å². The van der Waals surface area contributed by atoms with E-state index in [4.69, 9.17) is 9.47 Å². The minimum atomic E-state index is -1.47. The molecule has 0 N–H and O–H groups in total. The Bertz CT molecular complexity index is 506. The molecule has 1 aliphatic heterocycles. The van der Waals surface area contributed by atoms with Crippen LogP contribution < -0.4 is 4.74 Å². The van der Waals surface area contributed by atoms with Gasteiger partial charge < -0.3 is 9.47 Å². The molecule has 1 aromatic rings. The van der Waals surface area contributed by atoms with E-state index in [2.05, 4.69) is 6.92 Å². The lowest BCUT2D eigenvalue weighted by atomic mass is 9.99. The number of hydrogen-bond donors (Lipinski definition) is 0. The number of hydrogen-bond acceptors (Lipinski definition) is 2. The Morgan fingerprint density at radius 1 is 1.23 bits per heavy atom. The molecule has 1 aromatic carbocycles. The molecule has 0 amide bonds. The van der Waals surface area contributed by atoms with E-state index in [1.807, 2.05) is 6.26 Å². The van der Waals surface area contributed by atoms with Gasteiger partial charge in [0.25, 0.3) is 0 Å². The lowest BCUT2D eigenvalue weighted by Gasteiger charge is -2.22. The highest BCUT2D eigenvalue weighted by Gasteiger charge is 2.14. The van der Waals surface area contributed by atoms with Gasteiger partial charge in [0, 0.05) is 12.1 Å². The van der Waals surface area contributed by atoms with Crippen LogP contribution in [0.4, 0.5) is 13.2 Å². The van der Waals surface area contributed by atoms with Crippen LogP contribution in [0, 0.1) is 17.5 Å². The minimum Gasteiger partial charge on any atom is -0.498 e. The average molecular weight is 314 g/mol. The molecule has 22 heavy (non-hydrogen) atoms. The summed E-state index contributed by atoms with van der Waals surface area (Å²) in [4.78, 5) is 0. The minimum absolute atomic E-state index is 0.00767. The first-order chi connectivity index (χ1) is 10.6. The molecule has 0 aliphatic carbocycles. The van der Waals surface area contributed by atoms with E-state index < -0.39 is 17.5 Å². The highest BCUT2D eigenvalue weighted by Crippen LogP contribution is 2.24. The zero-order valence-corrected chi connectivity index (χ0v) is 12.7. The van der Waals surface area contributed by atoms with Crippen LogP contribution in [0.2, 0.25) is 0 Å². The first-order valence-electron chi connectivity index (χ1n) is 7.71. The third kappa shape index (κ3) is 4.68. The van der Waals surface area contributed by atoms with Crippen LogP contribution in [-0.4, -0.2) is 12.7 Å². The van der Waals surface area contributed by atoms with E-state index >= 15 is 0 Å². The quantitative estimate of drug-likeness (QED) is 0.513. The van der Waals surface area contributed by atoms with Crippen LogP contribution in [-0.2, 0) is 4.74 Å².